The molecular formula is C22H28FN3O5S. The van der Waals surface area contributed by atoms with Gasteiger partial charge in [-0.1, -0.05) is 24.3 Å². The van der Waals surface area contributed by atoms with Crippen LogP contribution in [0.4, 0.5) is 4.39 Å². The molecule has 0 spiro atoms. The number of nitrogens with one attached hydrogen (secondary N) is 1. The summed E-state index contributed by atoms with van der Waals surface area (Å²) in [6, 6.07) is 11.8. The van der Waals surface area contributed by atoms with Gasteiger partial charge in [0.15, 0.2) is 0 Å². The maximum atomic E-state index is 13.3. The largest absolute Gasteiger partial charge is 0.497 e. The quantitative estimate of drug-likeness (QED) is 0.577. The lowest BCUT2D eigenvalue weighted by molar-refractivity contribution is -0.140. The second kappa shape index (κ2) is 11.1. The molecule has 1 N–H and O–H groups in total. The molecule has 10 heteroatoms. The molecule has 0 saturated carbocycles. The zero-order valence-corrected chi connectivity index (χ0v) is 19.4. The van der Waals surface area contributed by atoms with E-state index in [9.17, 15) is 22.4 Å². The normalized spacial score (nSPS) is 12.3. The van der Waals surface area contributed by atoms with Crippen LogP contribution in [0.5, 0.6) is 5.75 Å². The van der Waals surface area contributed by atoms with Gasteiger partial charge in [0.05, 0.1) is 19.9 Å². The highest BCUT2D eigenvalue weighted by atomic mass is 32.2. The Morgan fingerprint density at radius 1 is 1.06 bits per heavy atom. The summed E-state index contributed by atoms with van der Waals surface area (Å²) in [6.07, 6.45) is 0.996. The molecule has 2 aromatic rings. The first-order valence-corrected chi connectivity index (χ1v) is 11.7. The summed E-state index contributed by atoms with van der Waals surface area (Å²) < 4.78 is 42.7. The molecule has 0 aliphatic heterocycles. The number of nitrogens with zero attached hydrogens (tertiary/aromatic N) is 2. The van der Waals surface area contributed by atoms with Crippen molar-refractivity contribution >= 4 is 21.8 Å². The number of carbonyl (C=O) groups excluding carboxylic acids is 2. The van der Waals surface area contributed by atoms with Crippen molar-refractivity contribution in [2.24, 2.45) is 0 Å². The van der Waals surface area contributed by atoms with E-state index in [-0.39, 0.29) is 13.1 Å². The Hall–Kier alpha value is -2.98. The fourth-order valence-electron chi connectivity index (χ4n) is 2.85. The van der Waals surface area contributed by atoms with Crippen LogP contribution in [0.15, 0.2) is 48.5 Å². The minimum absolute atomic E-state index is 0.0217. The summed E-state index contributed by atoms with van der Waals surface area (Å²) in [4.78, 5) is 27.0. The summed E-state index contributed by atoms with van der Waals surface area (Å²) in [7, 11) is -0.731. The molecule has 0 bridgehead atoms. The van der Waals surface area contributed by atoms with E-state index >= 15 is 0 Å². The highest BCUT2D eigenvalue weighted by Gasteiger charge is 2.28. The zero-order chi connectivity index (χ0) is 23.9. The first-order valence-electron chi connectivity index (χ1n) is 9.87. The number of hydrogen-bond acceptors (Lipinski definition) is 5. The first kappa shape index (κ1) is 25.3. The van der Waals surface area contributed by atoms with Gasteiger partial charge in [-0.15, -0.1) is 0 Å². The van der Waals surface area contributed by atoms with Gasteiger partial charge in [0.2, 0.25) is 21.8 Å². The number of methoxy groups -OCH3 is 1. The summed E-state index contributed by atoms with van der Waals surface area (Å²) in [6.45, 7) is 1.41. The van der Waals surface area contributed by atoms with Crippen LogP contribution in [0.3, 0.4) is 0 Å². The Balaban J connectivity index is 2.14. The van der Waals surface area contributed by atoms with Gasteiger partial charge in [-0.05, 0) is 42.3 Å². The Morgan fingerprint density at radius 2 is 1.62 bits per heavy atom. The van der Waals surface area contributed by atoms with E-state index in [1.165, 1.54) is 36.2 Å². The number of halogens is 1. The average Bonchev–Trinajstić information content (AvgIpc) is 2.76. The van der Waals surface area contributed by atoms with Gasteiger partial charge in [-0.2, -0.15) is 4.31 Å². The van der Waals surface area contributed by atoms with E-state index < -0.39 is 40.2 Å². The molecule has 1 atom stereocenters. The van der Waals surface area contributed by atoms with E-state index in [2.05, 4.69) is 5.32 Å². The van der Waals surface area contributed by atoms with Crippen LogP contribution in [0.25, 0.3) is 0 Å². The van der Waals surface area contributed by atoms with Crippen molar-refractivity contribution in [2.75, 3.05) is 27.0 Å². The van der Waals surface area contributed by atoms with Crippen LogP contribution >= 0.6 is 0 Å². The standard InChI is InChI=1S/C22H28FN3O5S/c1-16(22(28)24-13-17-7-11-20(31-3)12-8-17)26(14-18-5-9-19(23)10-6-18)21(27)15-25(2)32(4,29)30/h5-12,16H,13-15H2,1-4H3,(H,24,28)/t16-/m0/s1. The second-order valence-electron chi connectivity index (χ2n) is 7.41. The second-order valence-corrected chi connectivity index (χ2v) is 9.50. The molecule has 8 nitrogen and oxygen atoms in total. The molecule has 2 amide bonds. The third kappa shape index (κ3) is 7.31. The smallest absolute Gasteiger partial charge is 0.242 e. The number of rotatable bonds is 10. The minimum atomic E-state index is -3.58. The topological polar surface area (TPSA) is 96.0 Å². The van der Waals surface area contributed by atoms with E-state index in [0.717, 1.165) is 16.1 Å². The van der Waals surface area contributed by atoms with Crippen molar-refractivity contribution in [3.8, 4) is 5.75 Å². The van der Waals surface area contributed by atoms with E-state index in [1.807, 2.05) is 12.1 Å². The van der Waals surface area contributed by atoms with Crippen LogP contribution in [0, 0.1) is 5.82 Å². The van der Waals surface area contributed by atoms with Gasteiger partial charge in [0.1, 0.15) is 17.6 Å². The van der Waals surface area contributed by atoms with Gasteiger partial charge in [-0.3, -0.25) is 9.59 Å². The van der Waals surface area contributed by atoms with Crippen LogP contribution in [-0.2, 0) is 32.7 Å². The molecule has 0 saturated heterocycles. The summed E-state index contributed by atoms with van der Waals surface area (Å²) in [5, 5.41) is 2.78. The molecular weight excluding hydrogens is 437 g/mol. The predicted molar refractivity (Wildman–Crippen MR) is 119 cm³/mol. The summed E-state index contributed by atoms with van der Waals surface area (Å²) in [5.74, 6) is -0.680. The van der Waals surface area contributed by atoms with Gasteiger partial charge in [0, 0.05) is 20.1 Å². The van der Waals surface area contributed by atoms with Crippen LogP contribution in [0.2, 0.25) is 0 Å². The molecule has 0 radical (unpaired) electrons. The molecule has 174 valence electrons. The van der Waals surface area contributed by atoms with Crippen molar-refractivity contribution in [1.29, 1.82) is 0 Å². The third-order valence-electron chi connectivity index (χ3n) is 4.98. The monoisotopic (exact) mass is 465 g/mol. The summed E-state index contributed by atoms with van der Waals surface area (Å²) in [5.41, 5.74) is 1.45. The number of benzene rings is 2. The predicted octanol–water partition coefficient (Wildman–Crippen LogP) is 1.76. The van der Waals surface area contributed by atoms with Crippen LogP contribution < -0.4 is 10.1 Å². The average molecular weight is 466 g/mol. The molecule has 0 heterocycles. The zero-order valence-electron chi connectivity index (χ0n) is 18.5. The number of amides is 2. The Labute approximate surface area is 188 Å². The minimum Gasteiger partial charge on any atom is -0.497 e. The van der Waals surface area contributed by atoms with Crippen LogP contribution in [0.1, 0.15) is 18.1 Å². The Morgan fingerprint density at radius 3 is 2.16 bits per heavy atom. The lowest BCUT2D eigenvalue weighted by Gasteiger charge is -2.30. The number of hydrogen-bond donors (Lipinski definition) is 1. The van der Waals surface area contributed by atoms with Gasteiger partial charge >= 0.3 is 0 Å². The number of carbonyl (C=O) groups is 2. The van der Waals surface area contributed by atoms with E-state index in [4.69, 9.17) is 4.74 Å². The van der Waals surface area contributed by atoms with Crippen molar-refractivity contribution in [1.82, 2.24) is 14.5 Å². The number of likely N-dealkylation sites (N-methyl/N-ethyl adjacent to an activating group) is 1. The van der Waals surface area contributed by atoms with Gasteiger partial charge in [0.25, 0.3) is 0 Å². The van der Waals surface area contributed by atoms with Crippen molar-refractivity contribution in [3.05, 3.63) is 65.5 Å². The SMILES string of the molecule is COc1ccc(CNC(=O)[C@H](C)N(Cc2ccc(F)cc2)C(=O)CN(C)S(C)(=O)=O)cc1. The Bertz CT molecular complexity index is 1030. The van der Waals surface area contributed by atoms with Crippen LogP contribution in [-0.4, -0.2) is 62.4 Å². The lowest BCUT2D eigenvalue weighted by Crippen LogP contribution is -2.50. The van der Waals surface area contributed by atoms with Gasteiger partial charge < -0.3 is 15.0 Å². The lowest BCUT2D eigenvalue weighted by atomic mass is 10.1. The fraction of sp³-hybridized carbons (Fsp3) is 0.364. The maximum absolute atomic E-state index is 13.3. The van der Waals surface area contributed by atoms with Gasteiger partial charge in [-0.25, -0.2) is 12.8 Å². The number of sulfonamides is 1. The maximum Gasteiger partial charge on any atom is 0.242 e. The molecule has 0 unspecified atom stereocenters. The molecule has 2 aromatic carbocycles. The molecule has 0 fully saturated rings. The van der Waals surface area contributed by atoms with E-state index in [1.54, 1.807) is 26.2 Å². The molecule has 0 aliphatic carbocycles. The molecule has 0 aromatic heterocycles. The molecule has 2 rings (SSSR count). The molecule has 32 heavy (non-hydrogen) atoms. The Kier molecular flexibility index (Phi) is 8.73. The van der Waals surface area contributed by atoms with Crippen molar-refractivity contribution < 1.29 is 27.1 Å². The van der Waals surface area contributed by atoms with Crippen molar-refractivity contribution in [2.45, 2.75) is 26.1 Å². The highest BCUT2D eigenvalue weighted by molar-refractivity contribution is 7.88. The number of ether oxygens (including phenoxy) is 1. The highest BCUT2D eigenvalue weighted by Crippen LogP contribution is 2.13. The first-order chi connectivity index (χ1) is 15.0. The third-order valence-corrected chi connectivity index (χ3v) is 6.24. The van der Waals surface area contributed by atoms with E-state index in [0.29, 0.717) is 11.3 Å². The molecule has 0 aliphatic rings. The summed E-state index contributed by atoms with van der Waals surface area (Å²) >= 11 is 0. The van der Waals surface area contributed by atoms with Crippen molar-refractivity contribution in [3.63, 3.8) is 0 Å². The fourth-order valence-corrected chi connectivity index (χ4v) is 3.19.